The lowest BCUT2D eigenvalue weighted by Gasteiger charge is -2.13. The average molecular weight is 432 g/mol. The number of carbonyl (C=O) groups is 1. The molecule has 3 N–H and O–H groups in total. The van der Waals surface area contributed by atoms with E-state index in [0.717, 1.165) is 0 Å². The number of benzene rings is 2. The molecular weight excluding hydrogens is 416 g/mol. The van der Waals surface area contributed by atoms with Crippen LogP contribution in [0.3, 0.4) is 0 Å². The Morgan fingerprint density at radius 3 is 2.55 bits per heavy atom. The third-order valence-electron chi connectivity index (χ3n) is 4.51. The monoisotopic (exact) mass is 432 g/mol. The molecule has 0 radical (unpaired) electrons. The van der Waals surface area contributed by atoms with Gasteiger partial charge in [-0.3, -0.25) is 4.40 Å². The van der Waals surface area contributed by atoms with Crippen molar-refractivity contribution < 1.29 is 22.4 Å². The first-order valence-corrected chi connectivity index (χ1v) is 9.12. The lowest BCUT2D eigenvalue weighted by molar-refractivity contribution is -0.115. The van der Waals surface area contributed by atoms with Gasteiger partial charge >= 0.3 is 12.2 Å². The first kappa shape index (κ1) is 20.4. The van der Waals surface area contributed by atoms with Crippen molar-refractivity contribution in [3.63, 3.8) is 0 Å². The van der Waals surface area contributed by atoms with Crippen molar-refractivity contribution >= 4 is 34.2 Å². The highest BCUT2D eigenvalue weighted by molar-refractivity contribution is 5.90. The molecule has 0 saturated heterocycles. The van der Waals surface area contributed by atoms with E-state index < -0.39 is 18.5 Å². The van der Waals surface area contributed by atoms with Gasteiger partial charge in [0.05, 0.1) is 22.9 Å². The van der Waals surface area contributed by atoms with Crippen molar-refractivity contribution in [1.29, 1.82) is 0 Å². The fraction of sp³-hybridized carbons (Fsp3) is 0.150. The van der Waals surface area contributed by atoms with Crippen LogP contribution in [0.2, 0.25) is 0 Å². The van der Waals surface area contributed by atoms with E-state index in [1.807, 2.05) is 0 Å². The molecule has 0 unspecified atom stereocenters. The lowest BCUT2D eigenvalue weighted by atomic mass is 10.1. The Bertz CT molecular complexity index is 1270. The number of hydrogen-bond acceptors (Lipinski definition) is 4. The summed E-state index contributed by atoms with van der Waals surface area (Å²) in [5, 5.41) is 7.34. The molecule has 4 aromatic rings. The number of aromatic nitrogens is 3. The number of alkyl halides is 3. The predicted octanol–water partition coefficient (Wildman–Crippen LogP) is 4.41. The van der Waals surface area contributed by atoms with Crippen molar-refractivity contribution in [2.45, 2.75) is 6.18 Å². The number of amides is 2. The fourth-order valence-corrected chi connectivity index (χ4v) is 3.13. The highest BCUT2D eigenvalue weighted by Crippen LogP contribution is 2.30. The van der Waals surface area contributed by atoms with E-state index in [0.29, 0.717) is 28.0 Å². The van der Waals surface area contributed by atoms with Gasteiger partial charge in [-0.05, 0) is 24.3 Å². The molecule has 2 aromatic carbocycles. The van der Waals surface area contributed by atoms with Crippen LogP contribution in [-0.2, 0) is 0 Å². The SMILES string of the molecule is CNC(=O)Nc1ccc(-c2cnc3c(NCC(F)(F)F)nc4ccc(F)cc4n23)cc1. The Kier molecular flexibility index (Phi) is 5.09. The van der Waals surface area contributed by atoms with Crippen LogP contribution in [0.5, 0.6) is 0 Å². The zero-order chi connectivity index (χ0) is 22.2. The van der Waals surface area contributed by atoms with Crippen LogP contribution >= 0.6 is 0 Å². The number of imidazole rings is 1. The maximum atomic E-state index is 13.9. The summed E-state index contributed by atoms with van der Waals surface area (Å²) in [7, 11) is 1.49. The van der Waals surface area contributed by atoms with Crippen LogP contribution in [0.4, 0.5) is 33.9 Å². The summed E-state index contributed by atoms with van der Waals surface area (Å²) in [6, 6.07) is 10.2. The van der Waals surface area contributed by atoms with E-state index in [9.17, 15) is 22.4 Å². The molecule has 0 aliphatic carbocycles. The molecule has 0 aliphatic heterocycles. The van der Waals surface area contributed by atoms with E-state index in [2.05, 4.69) is 25.9 Å². The maximum absolute atomic E-state index is 13.9. The fourth-order valence-electron chi connectivity index (χ4n) is 3.13. The highest BCUT2D eigenvalue weighted by Gasteiger charge is 2.28. The summed E-state index contributed by atoms with van der Waals surface area (Å²) < 4.78 is 53.7. The molecule has 2 heterocycles. The molecule has 31 heavy (non-hydrogen) atoms. The molecule has 2 aromatic heterocycles. The molecule has 4 rings (SSSR count). The summed E-state index contributed by atoms with van der Waals surface area (Å²) in [5.41, 5.74) is 2.51. The van der Waals surface area contributed by atoms with E-state index in [1.54, 1.807) is 28.7 Å². The minimum atomic E-state index is -4.44. The molecule has 0 spiro atoms. The van der Waals surface area contributed by atoms with E-state index in [-0.39, 0.29) is 17.5 Å². The number of hydrogen-bond donors (Lipinski definition) is 3. The highest BCUT2D eigenvalue weighted by atomic mass is 19.4. The van der Waals surface area contributed by atoms with Gasteiger partial charge in [-0.25, -0.2) is 19.2 Å². The molecule has 11 heteroatoms. The second-order valence-corrected chi connectivity index (χ2v) is 6.65. The van der Waals surface area contributed by atoms with Gasteiger partial charge < -0.3 is 16.0 Å². The maximum Gasteiger partial charge on any atom is 0.405 e. The molecular formula is C20H16F4N6O. The van der Waals surface area contributed by atoms with Gasteiger partial charge in [0.1, 0.15) is 12.4 Å². The molecule has 7 nitrogen and oxygen atoms in total. The lowest BCUT2D eigenvalue weighted by Crippen LogP contribution is -2.24. The molecule has 0 bridgehead atoms. The van der Waals surface area contributed by atoms with Crippen molar-refractivity contribution in [2.75, 3.05) is 24.2 Å². The smallest absolute Gasteiger partial charge is 0.358 e. The Balaban J connectivity index is 1.84. The van der Waals surface area contributed by atoms with E-state index >= 15 is 0 Å². The zero-order valence-electron chi connectivity index (χ0n) is 16.1. The minimum Gasteiger partial charge on any atom is -0.358 e. The first-order chi connectivity index (χ1) is 14.7. The number of anilines is 2. The van der Waals surface area contributed by atoms with Gasteiger partial charge in [-0.2, -0.15) is 13.2 Å². The van der Waals surface area contributed by atoms with Crippen molar-refractivity contribution in [2.24, 2.45) is 0 Å². The van der Waals surface area contributed by atoms with Gasteiger partial charge in [0.2, 0.25) is 0 Å². The van der Waals surface area contributed by atoms with Crippen molar-refractivity contribution in [3.8, 4) is 11.3 Å². The number of urea groups is 1. The second-order valence-electron chi connectivity index (χ2n) is 6.65. The van der Waals surface area contributed by atoms with Crippen LogP contribution < -0.4 is 16.0 Å². The number of fused-ring (bicyclic) bond motifs is 3. The molecule has 0 fully saturated rings. The molecule has 0 aliphatic rings. The molecule has 2 amide bonds. The summed E-state index contributed by atoms with van der Waals surface area (Å²) >= 11 is 0. The number of rotatable bonds is 4. The molecule has 160 valence electrons. The van der Waals surface area contributed by atoms with Crippen LogP contribution in [0.1, 0.15) is 0 Å². The molecule has 0 saturated carbocycles. The Labute approximate surface area is 173 Å². The minimum absolute atomic E-state index is 0.0689. The van der Waals surface area contributed by atoms with Gasteiger partial charge in [0, 0.05) is 24.4 Å². The topological polar surface area (TPSA) is 83.3 Å². The summed E-state index contributed by atoms with van der Waals surface area (Å²) in [4.78, 5) is 19.9. The van der Waals surface area contributed by atoms with Gasteiger partial charge in [-0.15, -0.1) is 0 Å². The Morgan fingerprint density at radius 1 is 1.13 bits per heavy atom. The number of nitrogens with one attached hydrogen (secondary N) is 3. The predicted molar refractivity (Wildman–Crippen MR) is 109 cm³/mol. The summed E-state index contributed by atoms with van der Waals surface area (Å²) in [6.45, 7) is -1.29. The zero-order valence-corrected chi connectivity index (χ0v) is 16.1. The van der Waals surface area contributed by atoms with Gasteiger partial charge in [0.25, 0.3) is 0 Å². The number of halogens is 4. The van der Waals surface area contributed by atoms with Crippen molar-refractivity contribution in [1.82, 2.24) is 19.7 Å². The Hall–Kier alpha value is -3.89. The second kappa shape index (κ2) is 7.74. The normalized spacial score (nSPS) is 11.6. The van der Waals surface area contributed by atoms with E-state index in [4.69, 9.17) is 0 Å². The van der Waals surface area contributed by atoms with Gasteiger partial charge in [0.15, 0.2) is 11.5 Å². The Morgan fingerprint density at radius 2 is 1.87 bits per heavy atom. The number of nitrogens with zero attached hydrogens (tertiary/aromatic N) is 3. The third kappa shape index (κ3) is 4.20. The van der Waals surface area contributed by atoms with Crippen LogP contribution in [-0.4, -0.2) is 40.2 Å². The van der Waals surface area contributed by atoms with Crippen LogP contribution in [0.15, 0.2) is 48.7 Å². The largest absolute Gasteiger partial charge is 0.405 e. The summed E-state index contributed by atoms with van der Waals surface area (Å²) in [5.74, 6) is -0.586. The third-order valence-corrected chi connectivity index (χ3v) is 4.51. The van der Waals surface area contributed by atoms with Crippen LogP contribution in [0.25, 0.3) is 27.9 Å². The summed E-state index contributed by atoms with van der Waals surface area (Å²) in [6.07, 6.45) is -2.97. The standard InChI is InChI=1S/C20H16F4N6O/c1-25-19(31)28-13-5-2-11(3-6-13)16-9-26-18-17(27-10-20(22,23)24)29-14-7-4-12(21)8-15(14)30(16)18/h2-9H,10H2,1H3,(H,27,29)(H2,25,28,31). The molecule has 0 atom stereocenters. The average Bonchev–Trinajstić information content (AvgIpc) is 3.18. The first-order valence-electron chi connectivity index (χ1n) is 9.12. The van der Waals surface area contributed by atoms with Gasteiger partial charge in [-0.1, -0.05) is 12.1 Å². The number of carbonyl (C=O) groups excluding carboxylic acids is 1. The van der Waals surface area contributed by atoms with Crippen molar-refractivity contribution in [3.05, 3.63) is 54.5 Å². The quantitative estimate of drug-likeness (QED) is 0.417. The van der Waals surface area contributed by atoms with Crippen LogP contribution in [0, 0.1) is 5.82 Å². The van der Waals surface area contributed by atoms with E-state index in [1.165, 1.54) is 31.4 Å².